The number of aromatic nitrogens is 7. The number of fused-ring (bicyclic) bond motifs is 2. The first-order valence-corrected chi connectivity index (χ1v) is 9.40. The topological polar surface area (TPSA) is 66.3 Å². The van der Waals surface area contributed by atoms with Gasteiger partial charge in [-0.25, -0.2) is 15.0 Å². The molecule has 0 amide bonds. The van der Waals surface area contributed by atoms with Crippen LogP contribution in [0.2, 0.25) is 0 Å². The molecule has 5 rings (SSSR count). The molecule has 0 aliphatic carbocycles. The molecule has 0 N–H and O–H groups in total. The van der Waals surface area contributed by atoms with Crippen LogP contribution in [0.4, 0.5) is 0 Å². The summed E-state index contributed by atoms with van der Waals surface area (Å²) in [4.78, 5) is 12.4. The Morgan fingerprint density at radius 3 is 1.90 bits per heavy atom. The smallest absolute Gasteiger partial charge is 0.143 e. The first-order chi connectivity index (χ1) is 13.9. The van der Waals surface area contributed by atoms with Gasteiger partial charge in [-0.1, -0.05) is 7.43 Å². The van der Waals surface area contributed by atoms with Crippen molar-refractivity contribution in [3.05, 3.63) is 72.3 Å². The Morgan fingerprint density at radius 1 is 0.767 bits per heavy atom. The fourth-order valence-corrected chi connectivity index (χ4v) is 3.25. The van der Waals surface area contributed by atoms with Gasteiger partial charge in [-0.2, -0.15) is 5.10 Å². The second-order valence-electron chi connectivity index (χ2n) is 7.17. The third kappa shape index (κ3) is 5.11. The zero-order valence-electron chi connectivity index (χ0n) is 17.8. The van der Waals surface area contributed by atoms with Crippen molar-refractivity contribution in [3.63, 3.8) is 0 Å². The Labute approximate surface area is 178 Å². The van der Waals surface area contributed by atoms with E-state index < -0.39 is 0 Å². The molecule has 0 saturated heterocycles. The lowest BCUT2D eigenvalue weighted by molar-refractivity contribution is 0.767. The molecule has 5 heterocycles. The zero-order chi connectivity index (χ0) is 21.0. The maximum Gasteiger partial charge on any atom is 0.143 e. The van der Waals surface area contributed by atoms with Gasteiger partial charge >= 0.3 is 0 Å². The molecule has 5 aromatic heterocycles. The highest BCUT2D eigenvalue weighted by Gasteiger charge is 2.02. The van der Waals surface area contributed by atoms with E-state index in [-0.39, 0.29) is 7.43 Å². The van der Waals surface area contributed by atoms with Crippen LogP contribution in [0.25, 0.3) is 22.1 Å². The minimum Gasteiger partial charge on any atom is -0.335 e. The van der Waals surface area contributed by atoms with Gasteiger partial charge < -0.3 is 9.13 Å². The molecular weight excluding hydrogens is 374 g/mol. The lowest BCUT2D eigenvalue weighted by atomic mass is 10.2. The molecule has 0 aliphatic rings. The van der Waals surface area contributed by atoms with Crippen molar-refractivity contribution in [2.24, 2.45) is 21.1 Å². The van der Waals surface area contributed by atoms with Gasteiger partial charge in [-0.3, -0.25) is 4.68 Å². The van der Waals surface area contributed by atoms with Crippen LogP contribution in [0.5, 0.6) is 0 Å². The van der Waals surface area contributed by atoms with E-state index in [1.54, 1.807) is 11.0 Å². The molecule has 0 saturated carbocycles. The van der Waals surface area contributed by atoms with Crippen molar-refractivity contribution in [3.8, 4) is 0 Å². The summed E-state index contributed by atoms with van der Waals surface area (Å²) in [6, 6.07) is 4.06. The largest absolute Gasteiger partial charge is 0.335 e. The Morgan fingerprint density at radius 2 is 1.40 bits per heavy atom. The maximum absolute atomic E-state index is 4.26. The number of rotatable bonds is 0. The average Bonchev–Trinajstić information content (AvgIpc) is 3.33. The molecule has 0 fully saturated rings. The second kappa shape index (κ2) is 9.82. The molecule has 7 heteroatoms. The summed E-state index contributed by atoms with van der Waals surface area (Å²) in [6.45, 7) is 6.18. The summed E-state index contributed by atoms with van der Waals surface area (Å²) in [5.74, 6) is 0. The van der Waals surface area contributed by atoms with Crippen molar-refractivity contribution < 1.29 is 0 Å². The van der Waals surface area contributed by atoms with Crippen LogP contribution >= 0.6 is 0 Å². The Balaban J connectivity index is 0.000000162. The van der Waals surface area contributed by atoms with E-state index in [0.717, 1.165) is 16.7 Å². The molecule has 5 aromatic rings. The highest BCUT2D eigenvalue weighted by molar-refractivity contribution is 5.80. The predicted molar refractivity (Wildman–Crippen MR) is 123 cm³/mol. The van der Waals surface area contributed by atoms with E-state index in [4.69, 9.17) is 0 Å². The van der Waals surface area contributed by atoms with Crippen LogP contribution in [-0.2, 0) is 21.1 Å². The van der Waals surface area contributed by atoms with E-state index >= 15 is 0 Å². The SMILES string of the molecule is C.Cc1cn(C)c2ncccc12.Cc1cn(C)c2ncncc12.Cc1cnn(C)c1. The summed E-state index contributed by atoms with van der Waals surface area (Å²) < 4.78 is 5.84. The van der Waals surface area contributed by atoms with Crippen LogP contribution in [-0.4, -0.2) is 33.9 Å². The zero-order valence-corrected chi connectivity index (χ0v) is 17.8. The number of nitrogens with zero attached hydrogens (tertiary/aromatic N) is 7. The maximum atomic E-state index is 4.26. The van der Waals surface area contributed by atoms with Gasteiger partial charge in [0.25, 0.3) is 0 Å². The Bertz CT molecular complexity index is 1060. The van der Waals surface area contributed by atoms with Crippen LogP contribution in [0.15, 0.2) is 55.6 Å². The summed E-state index contributed by atoms with van der Waals surface area (Å²) in [5, 5.41) is 6.31. The van der Waals surface area contributed by atoms with Gasteiger partial charge in [0, 0.05) is 62.9 Å². The van der Waals surface area contributed by atoms with E-state index in [0.29, 0.717) is 0 Å². The fraction of sp³-hybridized carbons (Fsp3) is 0.304. The summed E-state index contributed by atoms with van der Waals surface area (Å²) >= 11 is 0. The van der Waals surface area contributed by atoms with Crippen molar-refractivity contribution >= 4 is 22.1 Å². The van der Waals surface area contributed by atoms with Crippen molar-refractivity contribution in [1.82, 2.24) is 33.9 Å². The molecule has 0 atom stereocenters. The third-order valence-corrected chi connectivity index (χ3v) is 4.60. The molecule has 0 spiro atoms. The van der Waals surface area contributed by atoms with Gasteiger partial charge in [-0.05, 0) is 49.6 Å². The standard InChI is InChI=1S/C9H10N2.C8H9N3.C5H8N2.CH4/c1-7-6-11(2)9-8(7)4-3-5-10-9;1-6-4-11(2)8-7(6)3-9-5-10-8;1-5-3-6-7(2)4-5;/h3-6H,1-2H3;3-5H,1-2H3;3-4H,1-2H3;1H4. The Kier molecular flexibility index (Phi) is 7.47. The van der Waals surface area contributed by atoms with Gasteiger partial charge in [0.2, 0.25) is 0 Å². The normalized spacial score (nSPS) is 10.1. The molecule has 0 aromatic carbocycles. The molecule has 158 valence electrons. The summed E-state index contributed by atoms with van der Waals surface area (Å²) in [5.41, 5.74) is 5.78. The number of hydrogen-bond donors (Lipinski definition) is 0. The van der Waals surface area contributed by atoms with Crippen molar-refractivity contribution in [1.29, 1.82) is 0 Å². The Hall–Kier alpha value is -3.48. The minimum absolute atomic E-state index is 0. The first-order valence-electron chi connectivity index (χ1n) is 9.40. The lowest BCUT2D eigenvalue weighted by Gasteiger charge is -1.91. The van der Waals surface area contributed by atoms with Gasteiger partial charge in [-0.15, -0.1) is 0 Å². The van der Waals surface area contributed by atoms with Crippen molar-refractivity contribution in [2.75, 3.05) is 0 Å². The van der Waals surface area contributed by atoms with E-state index in [9.17, 15) is 0 Å². The lowest BCUT2D eigenvalue weighted by Crippen LogP contribution is -1.86. The molecule has 0 aliphatic heterocycles. The molecule has 0 unspecified atom stereocenters. The van der Waals surface area contributed by atoms with Crippen LogP contribution in [0.3, 0.4) is 0 Å². The quantitative estimate of drug-likeness (QED) is 0.380. The number of hydrogen-bond acceptors (Lipinski definition) is 4. The molecule has 0 radical (unpaired) electrons. The van der Waals surface area contributed by atoms with Gasteiger partial charge in [0.1, 0.15) is 17.6 Å². The highest BCUT2D eigenvalue weighted by atomic mass is 15.2. The molecular formula is C23H31N7. The number of pyridine rings is 1. The number of aryl methyl sites for hydroxylation is 6. The third-order valence-electron chi connectivity index (χ3n) is 4.60. The predicted octanol–water partition coefficient (Wildman–Crippen LogP) is 4.52. The molecule has 0 bridgehead atoms. The van der Waals surface area contributed by atoms with E-state index in [1.807, 2.05) is 68.1 Å². The van der Waals surface area contributed by atoms with Gasteiger partial charge in [0.15, 0.2) is 0 Å². The summed E-state index contributed by atoms with van der Waals surface area (Å²) in [7, 11) is 5.91. The monoisotopic (exact) mass is 405 g/mol. The average molecular weight is 406 g/mol. The van der Waals surface area contributed by atoms with Crippen LogP contribution in [0, 0.1) is 20.8 Å². The highest BCUT2D eigenvalue weighted by Crippen LogP contribution is 2.16. The minimum atomic E-state index is 0. The van der Waals surface area contributed by atoms with Crippen LogP contribution < -0.4 is 0 Å². The fourth-order valence-electron chi connectivity index (χ4n) is 3.25. The van der Waals surface area contributed by atoms with E-state index in [2.05, 4.69) is 52.4 Å². The van der Waals surface area contributed by atoms with Gasteiger partial charge in [0.05, 0.1) is 6.20 Å². The van der Waals surface area contributed by atoms with Crippen LogP contribution in [0.1, 0.15) is 24.1 Å². The second-order valence-corrected chi connectivity index (χ2v) is 7.17. The first kappa shape index (κ1) is 22.8. The summed E-state index contributed by atoms with van der Waals surface area (Å²) in [6.07, 6.45) is 13.2. The molecule has 7 nitrogen and oxygen atoms in total. The van der Waals surface area contributed by atoms with Crippen molar-refractivity contribution in [2.45, 2.75) is 28.2 Å². The van der Waals surface area contributed by atoms with E-state index in [1.165, 1.54) is 22.1 Å². The molecule has 30 heavy (non-hydrogen) atoms.